The van der Waals surface area contributed by atoms with E-state index in [9.17, 15) is 28.8 Å². The summed E-state index contributed by atoms with van der Waals surface area (Å²) in [5, 5.41) is 13.8. The first-order valence-corrected chi connectivity index (χ1v) is 15.9. The molecule has 1 saturated carbocycles. The Balaban J connectivity index is 1.35. The van der Waals surface area contributed by atoms with E-state index in [-0.39, 0.29) is 24.5 Å². The summed E-state index contributed by atoms with van der Waals surface area (Å²) >= 11 is 0. The molecule has 14 nitrogen and oxygen atoms in total. The van der Waals surface area contributed by atoms with Crippen molar-refractivity contribution in [1.29, 1.82) is 0 Å². The molecule has 1 saturated heterocycles. The molecule has 240 valence electrons. The van der Waals surface area contributed by atoms with Crippen molar-refractivity contribution < 1.29 is 42.5 Å². The Bertz CT molecular complexity index is 1690. The fraction of sp³-hybridized carbons (Fsp3) is 0.400. The van der Waals surface area contributed by atoms with E-state index in [1.165, 1.54) is 35.9 Å². The monoisotopic (exact) mass is 643 g/mol. The van der Waals surface area contributed by atoms with Gasteiger partial charge in [-0.25, -0.2) is 14.2 Å². The van der Waals surface area contributed by atoms with Gasteiger partial charge in [0, 0.05) is 17.7 Å². The molecule has 45 heavy (non-hydrogen) atoms. The van der Waals surface area contributed by atoms with Crippen LogP contribution in [-0.2, 0) is 34.7 Å². The minimum absolute atomic E-state index is 0.0287. The van der Waals surface area contributed by atoms with Gasteiger partial charge in [0.05, 0.1) is 19.3 Å². The number of nitrogens with one attached hydrogen (secondary N) is 2. The van der Waals surface area contributed by atoms with Crippen molar-refractivity contribution in [3.63, 3.8) is 0 Å². The second kappa shape index (κ2) is 13.5. The number of carbonyl (C=O) groups is 2. The molecule has 1 aliphatic heterocycles. The first-order chi connectivity index (χ1) is 21.5. The van der Waals surface area contributed by atoms with Crippen LogP contribution in [-0.4, -0.2) is 58.1 Å². The molecule has 0 amide bonds. The minimum Gasteiger partial charge on any atom is -0.462 e. The maximum Gasteiger partial charge on any atom is 0.459 e. The van der Waals surface area contributed by atoms with Crippen LogP contribution in [0, 0.1) is 5.41 Å². The van der Waals surface area contributed by atoms with Crippen molar-refractivity contribution >= 4 is 19.7 Å². The molecule has 5 atom stereocenters. The third-order valence-electron chi connectivity index (χ3n) is 7.61. The molecule has 1 aromatic heterocycles. The molecule has 0 bridgehead atoms. The lowest BCUT2D eigenvalue weighted by Crippen LogP contribution is -2.37. The molecule has 2 aromatic carbocycles. The fourth-order valence-electron chi connectivity index (χ4n) is 5.12. The zero-order valence-corrected chi connectivity index (χ0v) is 25.5. The molecule has 2 fully saturated rings. The maximum atomic E-state index is 14.2. The van der Waals surface area contributed by atoms with Gasteiger partial charge in [-0.3, -0.25) is 23.7 Å². The van der Waals surface area contributed by atoms with Gasteiger partial charge in [0.15, 0.2) is 0 Å². The Labute approximate surface area is 257 Å². The summed E-state index contributed by atoms with van der Waals surface area (Å²) in [6, 6.07) is 14.9. The van der Waals surface area contributed by atoms with E-state index in [4.69, 9.17) is 23.3 Å². The quantitative estimate of drug-likeness (QED) is 0.183. The lowest BCUT2D eigenvalue weighted by Gasteiger charge is -2.25. The highest BCUT2D eigenvalue weighted by Gasteiger charge is 2.64. The Kier molecular flexibility index (Phi) is 9.70. The van der Waals surface area contributed by atoms with Crippen molar-refractivity contribution in [3.8, 4) is 5.75 Å². The molecule has 0 radical (unpaired) electrons. The molecular weight excluding hydrogens is 609 g/mol. The van der Waals surface area contributed by atoms with Gasteiger partial charge in [-0.2, -0.15) is 5.09 Å². The number of para-hydroxylation sites is 1. The summed E-state index contributed by atoms with van der Waals surface area (Å²) in [6.45, 7) is 2.60. The van der Waals surface area contributed by atoms with E-state index < -0.39 is 67.4 Å². The van der Waals surface area contributed by atoms with Crippen LogP contribution in [0.5, 0.6) is 5.75 Å². The SMILES string of the molecule is CCOC(=O)c1ccccc1OP(=O)(NC(C)C(=O)OCc1ccccc1)OCC1OC(n2ccc(=O)[nH]c2=O)C2(CC2)C1O. The maximum absolute atomic E-state index is 14.2. The Morgan fingerprint density at radius 2 is 1.82 bits per heavy atom. The zero-order chi connectivity index (χ0) is 32.2. The highest BCUT2D eigenvalue weighted by atomic mass is 31.2. The number of nitrogens with zero attached hydrogens (tertiary/aromatic N) is 1. The van der Waals surface area contributed by atoms with Gasteiger partial charge in [0.25, 0.3) is 5.56 Å². The van der Waals surface area contributed by atoms with E-state index in [0.29, 0.717) is 12.8 Å². The number of rotatable bonds is 13. The van der Waals surface area contributed by atoms with Gasteiger partial charge in [0.1, 0.15) is 36.3 Å². The number of aliphatic hydroxyl groups excluding tert-OH is 1. The first-order valence-electron chi connectivity index (χ1n) is 14.4. The van der Waals surface area contributed by atoms with E-state index >= 15 is 0 Å². The highest BCUT2D eigenvalue weighted by molar-refractivity contribution is 7.52. The second-order valence-corrected chi connectivity index (χ2v) is 12.5. The third kappa shape index (κ3) is 7.26. The van der Waals surface area contributed by atoms with Crippen molar-refractivity contribution in [2.45, 2.75) is 57.8 Å². The van der Waals surface area contributed by atoms with Crippen LogP contribution in [0.3, 0.4) is 0 Å². The van der Waals surface area contributed by atoms with Crippen LogP contribution in [0.2, 0.25) is 0 Å². The zero-order valence-electron chi connectivity index (χ0n) is 24.6. The fourth-order valence-corrected chi connectivity index (χ4v) is 6.64. The molecule has 3 N–H and O–H groups in total. The summed E-state index contributed by atoms with van der Waals surface area (Å²) < 4.78 is 43.4. The van der Waals surface area contributed by atoms with Crippen LogP contribution in [0.25, 0.3) is 0 Å². The van der Waals surface area contributed by atoms with Gasteiger partial charge >= 0.3 is 25.4 Å². The molecule has 1 aliphatic carbocycles. The average molecular weight is 644 g/mol. The highest BCUT2D eigenvalue weighted by Crippen LogP contribution is 2.62. The van der Waals surface area contributed by atoms with Gasteiger partial charge in [-0.1, -0.05) is 42.5 Å². The van der Waals surface area contributed by atoms with Crippen LogP contribution in [0.1, 0.15) is 48.8 Å². The number of ether oxygens (including phenoxy) is 3. The molecule has 3 aromatic rings. The van der Waals surface area contributed by atoms with E-state index in [0.717, 1.165) is 5.56 Å². The van der Waals surface area contributed by atoms with Crippen LogP contribution < -0.4 is 20.9 Å². The standard InChI is InChI=1S/C30H34N3O11P/c1-3-40-27(37)21-11-7-8-12-22(21)44-45(39,32-19(2)26(36)41-17-20-9-5-4-6-10-20)42-18-23-25(35)30(14-15-30)28(43-23)33-16-13-24(34)31-29(33)38/h4-13,16,19,23,25,28,35H,3,14-15,17-18H2,1-2H3,(H,32,39)(H,31,34,38). The number of aromatic nitrogens is 2. The van der Waals surface area contributed by atoms with Crippen molar-refractivity contribution in [2.24, 2.45) is 5.41 Å². The van der Waals surface area contributed by atoms with E-state index in [1.807, 2.05) is 6.07 Å². The lowest BCUT2D eigenvalue weighted by atomic mass is 9.96. The third-order valence-corrected chi connectivity index (χ3v) is 9.24. The number of aliphatic hydroxyl groups is 1. The molecule has 15 heteroatoms. The Morgan fingerprint density at radius 3 is 2.51 bits per heavy atom. The lowest BCUT2D eigenvalue weighted by molar-refractivity contribution is -0.146. The summed E-state index contributed by atoms with van der Waals surface area (Å²) in [5.74, 6) is -1.62. The van der Waals surface area contributed by atoms with Crippen molar-refractivity contribution in [3.05, 3.63) is 98.8 Å². The Morgan fingerprint density at radius 1 is 1.11 bits per heavy atom. The van der Waals surface area contributed by atoms with E-state index in [1.54, 1.807) is 43.3 Å². The van der Waals surface area contributed by atoms with Gasteiger partial charge < -0.3 is 23.8 Å². The number of benzene rings is 2. The van der Waals surface area contributed by atoms with Crippen LogP contribution in [0.4, 0.5) is 0 Å². The summed E-state index contributed by atoms with van der Waals surface area (Å²) in [6.07, 6.45) is -0.776. The van der Waals surface area contributed by atoms with E-state index in [2.05, 4.69) is 10.1 Å². The first kappa shape index (κ1) is 32.3. The largest absolute Gasteiger partial charge is 0.462 e. The minimum atomic E-state index is -4.51. The number of aromatic amines is 1. The molecule has 5 rings (SSSR count). The predicted octanol–water partition coefficient (Wildman–Crippen LogP) is 2.68. The Hall–Kier alpha value is -4.07. The number of hydrogen-bond acceptors (Lipinski definition) is 11. The number of carbonyl (C=O) groups excluding carboxylic acids is 2. The molecule has 1 spiro atoms. The van der Waals surface area contributed by atoms with Crippen LogP contribution >= 0.6 is 7.75 Å². The molecular formula is C30H34N3O11P. The summed E-state index contributed by atoms with van der Waals surface area (Å²) in [5.41, 5.74) is -1.39. The number of esters is 2. The normalized spacial score (nSPS) is 21.9. The van der Waals surface area contributed by atoms with Gasteiger partial charge in [0.2, 0.25) is 0 Å². The van der Waals surface area contributed by atoms with Gasteiger partial charge in [-0.15, -0.1) is 0 Å². The summed E-state index contributed by atoms with van der Waals surface area (Å²) in [4.78, 5) is 51.7. The number of hydrogen-bond donors (Lipinski definition) is 3. The van der Waals surface area contributed by atoms with Crippen molar-refractivity contribution in [1.82, 2.24) is 14.6 Å². The predicted molar refractivity (Wildman–Crippen MR) is 158 cm³/mol. The second-order valence-electron chi connectivity index (χ2n) is 10.8. The topological polar surface area (TPSA) is 184 Å². The summed E-state index contributed by atoms with van der Waals surface area (Å²) in [7, 11) is -4.51. The number of H-pyrrole nitrogens is 1. The average Bonchev–Trinajstić information content (AvgIpc) is 3.78. The van der Waals surface area contributed by atoms with Crippen LogP contribution in [0.15, 0.2) is 76.4 Å². The molecule has 2 heterocycles. The molecule has 5 unspecified atom stereocenters. The smallest absolute Gasteiger partial charge is 0.459 e. The molecule has 2 aliphatic rings. The van der Waals surface area contributed by atoms with Gasteiger partial charge in [-0.05, 0) is 44.4 Å². The van der Waals surface area contributed by atoms with Crippen molar-refractivity contribution in [2.75, 3.05) is 13.2 Å².